The van der Waals surface area contributed by atoms with E-state index in [1.54, 1.807) is 6.20 Å². The summed E-state index contributed by atoms with van der Waals surface area (Å²) in [6.07, 6.45) is 1.78. The van der Waals surface area contributed by atoms with E-state index in [1.807, 2.05) is 28.9 Å². The van der Waals surface area contributed by atoms with E-state index in [1.165, 1.54) is 11.1 Å². The van der Waals surface area contributed by atoms with Gasteiger partial charge in [-0.05, 0) is 66.8 Å². The van der Waals surface area contributed by atoms with Crippen LogP contribution in [-0.2, 0) is 5.41 Å². The molecule has 7 heteroatoms. The van der Waals surface area contributed by atoms with E-state index in [0.717, 1.165) is 51.4 Å². The van der Waals surface area contributed by atoms with Crippen LogP contribution in [0.5, 0.6) is 0 Å². The van der Waals surface area contributed by atoms with Crippen LogP contribution in [0.25, 0.3) is 5.82 Å². The molecule has 208 valence electrons. The molecule has 4 heterocycles. The molecule has 0 bridgehead atoms. The first-order valence-corrected chi connectivity index (χ1v) is 14.3. The second-order valence-electron chi connectivity index (χ2n) is 11.9. The number of amidine groups is 2. The Morgan fingerprint density at radius 2 is 1.52 bits per heavy atom. The topological polar surface area (TPSA) is 70.7 Å². The standard InChI is InChI=1S/C35H33N7/c1-22-13-19-26(20-14-22)37-32-34-39-33-30(23(2)40-42(33)29-12-8-9-21-36-29)31(24-15-17-25(18-16-24)35(3,4)5)41(34)28-11-7-6-10-27(28)38-32/h6-21,31H,1-5H3,(H,37,38). The van der Waals surface area contributed by atoms with Gasteiger partial charge in [-0.2, -0.15) is 9.78 Å². The molecular weight excluding hydrogens is 518 g/mol. The second-order valence-corrected chi connectivity index (χ2v) is 11.9. The number of hydrogen-bond donors (Lipinski definition) is 1. The van der Waals surface area contributed by atoms with Gasteiger partial charge in [0.2, 0.25) is 0 Å². The number of benzene rings is 3. The number of nitrogens with one attached hydrogen (secondary N) is 1. The Bertz CT molecular complexity index is 1840. The van der Waals surface area contributed by atoms with Gasteiger partial charge in [0, 0.05) is 17.4 Å². The van der Waals surface area contributed by atoms with Gasteiger partial charge >= 0.3 is 0 Å². The van der Waals surface area contributed by atoms with E-state index in [9.17, 15) is 0 Å². The largest absolute Gasteiger partial charge is 0.337 e. The van der Waals surface area contributed by atoms with Crippen molar-refractivity contribution in [2.75, 3.05) is 10.2 Å². The third-order valence-electron chi connectivity index (χ3n) is 7.91. The van der Waals surface area contributed by atoms with Crippen molar-refractivity contribution in [3.05, 3.63) is 125 Å². The number of aryl methyl sites for hydroxylation is 2. The first-order chi connectivity index (χ1) is 20.3. The smallest absolute Gasteiger partial charge is 0.179 e. The fourth-order valence-electron chi connectivity index (χ4n) is 5.69. The van der Waals surface area contributed by atoms with Crippen LogP contribution in [0.3, 0.4) is 0 Å². The van der Waals surface area contributed by atoms with Crippen molar-refractivity contribution in [3.8, 4) is 5.82 Å². The van der Waals surface area contributed by atoms with E-state index in [2.05, 4.69) is 117 Å². The molecule has 0 saturated carbocycles. The van der Waals surface area contributed by atoms with Crippen LogP contribution in [0.2, 0.25) is 0 Å². The summed E-state index contributed by atoms with van der Waals surface area (Å²) in [5, 5.41) is 8.57. The van der Waals surface area contributed by atoms with E-state index in [0.29, 0.717) is 5.84 Å². The molecule has 0 radical (unpaired) electrons. The molecule has 3 aromatic carbocycles. The molecule has 1 atom stereocenters. The lowest BCUT2D eigenvalue weighted by molar-refractivity contribution is 0.589. The Balaban J connectivity index is 1.47. The van der Waals surface area contributed by atoms with Gasteiger partial charge in [-0.1, -0.05) is 80.9 Å². The lowest BCUT2D eigenvalue weighted by Gasteiger charge is -2.40. The third kappa shape index (κ3) is 4.38. The highest BCUT2D eigenvalue weighted by Crippen LogP contribution is 2.48. The zero-order valence-electron chi connectivity index (χ0n) is 24.5. The highest BCUT2D eigenvalue weighted by atomic mass is 15.4. The van der Waals surface area contributed by atoms with Gasteiger partial charge in [-0.25, -0.2) is 15.0 Å². The van der Waals surface area contributed by atoms with Gasteiger partial charge in [-0.3, -0.25) is 0 Å². The molecule has 2 aliphatic heterocycles. The van der Waals surface area contributed by atoms with Crippen LogP contribution in [0, 0.1) is 13.8 Å². The summed E-state index contributed by atoms with van der Waals surface area (Å²) in [5.41, 5.74) is 8.52. The van der Waals surface area contributed by atoms with Gasteiger partial charge in [0.25, 0.3) is 0 Å². The number of aromatic nitrogens is 3. The normalized spacial score (nSPS) is 15.7. The predicted molar refractivity (Wildman–Crippen MR) is 171 cm³/mol. The van der Waals surface area contributed by atoms with Crippen LogP contribution in [-0.4, -0.2) is 26.4 Å². The molecule has 42 heavy (non-hydrogen) atoms. The van der Waals surface area contributed by atoms with Crippen molar-refractivity contribution in [1.82, 2.24) is 14.8 Å². The fraction of sp³-hybridized carbons (Fsp3) is 0.200. The lowest BCUT2D eigenvalue weighted by atomic mass is 9.85. The highest BCUT2D eigenvalue weighted by Gasteiger charge is 2.41. The molecule has 1 unspecified atom stereocenters. The van der Waals surface area contributed by atoms with Crippen molar-refractivity contribution in [2.45, 2.75) is 46.1 Å². The molecule has 2 aromatic heterocycles. The number of anilines is 2. The SMILES string of the molecule is Cc1ccc(NC2=Nc3ccccc3N3C2=Nc2c(c(C)nn2-c2ccccn2)C3c2ccc(C(C)(C)C)cc2)cc1. The summed E-state index contributed by atoms with van der Waals surface area (Å²) in [7, 11) is 0. The average molecular weight is 552 g/mol. The number of fused-ring (bicyclic) bond motifs is 4. The van der Waals surface area contributed by atoms with E-state index in [-0.39, 0.29) is 11.5 Å². The van der Waals surface area contributed by atoms with Gasteiger partial charge < -0.3 is 10.2 Å². The zero-order valence-corrected chi connectivity index (χ0v) is 24.5. The van der Waals surface area contributed by atoms with Gasteiger partial charge in [-0.15, -0.1) is 0 Å². The van der Waals surface area contributed by atoms with Crippen LogP contribution in [0.15, 0.2) is 107 Å². The number of rotatable bonds is 3. The summed E-state index contributed by atoms with van der Waals surface area (Å²) in [4.78, 5) is 17.3. The first kappa shape index (κ1) is 25.9. The summed E-state index contributed by atoms with van der Waals surface area (Å²) in [6, 6.07) is 31.3. The number of aliphatic imine (C=N–C) groups is 2. The maximum Gasteiger partial charge on any atom is 0.179 e. The summed E-state index contributed by atoms with van der Waals surface area (Å²) < 4.78 is 1.86. The number of para-hydroxylation sites is 2. The van der Waals surface area contributed by atoms with Gasteiger partial charge in [0.1, 0.15) is 0 Å². The Hall–Kier alpha value is -5.04. The zero-order chi connectivity index (χ0) is 29.0. The first-order valence-electron chi connectivity index (χ1n) is 14.3. The Kier molecular flexibility index (Phi) is 6.04. The molecule has 2 aliphatic rings. The maximum absolute atomic E-state index is 5.30. The lowest BCUT2D eigenvalue weighted by Crippen LogP contribution is -2.46. The molecule has 0 amide bonds. The molecule has 7 rings (SSSR count). The quantitative estimate of drug-likeness (QED) is 0.247. The van der Waals surface area contributed by atoms with Crippen molar-refractivity contribution in [1.29, 1.82) is 0 Å². The molecule has 7 nitrogen and oxygen atoms in total. The summed E-state index contributed by atoms with van der Waals surface area (Å²) >= 11 is 0. The predicted octanol–water partition coefficient (Wildman–Crippen LogP) is 7.98. The number of pyridine rings is 1. The number of hydrogen-bond acceptors (Lipinski definition) is 6. The Labute approximate surface area is 246 Å². The van der Waals surface area contributed by atoms with Crippen molar-refractivity contribution < 1.29 is 0 Å². The van der Waals surface area contributed by atoms with E-state index >= 15 is 0 Å². The molecule has 0 saturated heterocycles. The minimum absolute atomic E-state index is 0.0537. The van der Waals surface area contributed by atoms with Gasteiger partial charge in [0.05, 0.1) is 23.1 Å². The summed E-state index contributed by atoms with van der Waals surface area (Å²) in [5.74, 6) is 2.91. The number of nitrogens with zero attached hydrogens (tertiary/aromatic N) is 6. The molecule has 0 spiro atoms. The van der Waals surface area contributed by atoms with Crippen molar-refractivity contribution in [3.63, 3.8) is 0 Å². The van der Waals surface area contributed by atoms with Crippen LogP contribution in [0.1, 0.15) is 54.8 Å². The van der Waals surface area contributed by atoms with Crippen molar-refractivity contribution in [2.24, 2.45) is 9.98 Å². The second kappa shape index (κ2) is 9.80. The highest BCUT2D eigenvalue weighted by molar-refractivity contribution is 6.51. The molecular formula is C35H33N7. The van der Waals surface area contributed by atoms with E-state index in [4.69, 9.17) is 15.1 Å². The third-order valence-corrected chi connectivity index (χ3v) is 7.91. The van der Waals surface area contributed by atoms with Gasteiger partial charge in [0.15, 0.2) is 23.3 Å². The monoisotopic (exact) mass is 551 g/mol. The minimum Gasteiger partial charge on any atom is -0.337 e. The van der Waals surface area contributed by atoms with Crippen LogP contribution < -0.4 is 10.2 Å². The maximum atomic E-state index is 5.30. The Morgan fingerprint density at radius 3 is 2.24 bits per heavy atom. The fourth-order valence-corrected chi connectivity index (χ4v) is 5.69. The van der Waals surface area contributed by atoms with E-state index < -0.39 is 0 Å². The van der Waals surface area contributed by atoms with Crippen molar-refractivity contribution >= 4 is 34.6 Å². The minimum atomic E-state index is -0.176. The molecule has 0 aliphatic carbocycles. The molecule has 1 N–H and O–H groups in total. The van der Waals surface area contributed by atoms with Crippen LogP contribution in [0.4, 0.5) is 22.9 Å². The molecule has 0 fully saturated rings. The van der Waals surface area contributed by atoms with Crippen LogP contribution >= 0.6 is 0 Å². The Morgan fingerprint density at radius 1 is 0.786 bits per heavy atom. The molecule has 5 aromatic rings. The average Bonchev–Trinajstić information content (AvgIpc) is 3.33. The summed E-state index contributed by atoms with van der Waals surface area (Å²) in [6.45, 7) is 10.9.